The number of hydrogen-bond acceptors (Lipinski definition) is 4. The van der Waals surface area contributed by atoms with Crippen molar-refractivity contribution < 1.29 is 14.3 Å². The molecular formula is C18H17ClN4O3. The zero-order valence-corrected chi connectivity index (χ0v) is 14.8. The van der Waals surface area contributed by atoms with E-state index < -0.39 is 0 Å². The first-order valence-corrected chi connectivity index (χ1v) is 8.31. The molecule has 0 radical (unpaired) electrons. The highest BCUT2D eigenvalue weighted by Gasteiger charge is 2.14. The molecular weight excluding hydrogens is 356 g/mol. The molecule has 2 amide bonds. The topological polar surface area (TPSA) is 96.1 Å². The number of anilines is 1. The molecule has 8 heteroatoms. The number of methoxy groups -OCH3 is 1. The number of carbonyl (C=O) groups is 2. The number of hydrogen-bond donors (Lipinski definition) is 3. The van der Waals surface area contributed by atoms with Gasteiger partial charge in [0.05, 0.1) is 17.6 Å². The van der Waals surface area contributed by atoms with E-state index in [1.54, 1.807) is 18.2 Å². The van der Waals surface area contributed by atoms with Gasteiger partial charge in [-0.3, -0.25) is 14.7 Å². The monoisotopic (exact) mass is 372 g/mol. The summed E-state index contributed by atoms with van der Waals surface area (Å²) in [5.74, 6) is -0.0377. The summed E-state index contributed by atoms with van der Waals surface area (Å²) >= 11 is 6.02. The fourth-order valence-corrected chi connectivity index (χ4v) is 2.74. The Morgan fingerprint density at radius 2 is 2.04 bits per heavy atom. The Hall–Kier alpha value is -3.06. The van der Waals surface area contributed by atoms with Gasteiger partial charge in [0.25, 0.3) is 5.91 Å². The molecule has 0 aliphatic carbocycles. The molecule has 0 bridgehead atoms. The van der Waals surface area contributed by atoms with Crippen LogP contribution < -0.4 is 15.4 Å². The number of ether oxygens (including phenoxy) is 1. The molecule has 1 aromatic heterocycles. The van der Waals surface area contributed by atoms with E-state index in [2.05, 4.69) is 20.8 Å². The Kier molecular flexibility index (Phi) is 5.38. The van der Waals surface area contributed by atoms with Crippen LogP contribution in [-0.2, 0) is 4.79 Å². The summed E-state index contributed by atoms with van der Waals surface area (Å²) in [6, 6.07) is 12.3. The molecule has 0 fully saturated rings. The largest absolute Gasteiger partial charge is 0.495 e. The number of nitrogens with one attached hydrogen (secondary N) is 3. The van der Waals surface area contributed by atoms with Crippen LogP contribution in [0, 0.1) is 0 Å². The Morgan fingerprint density at radius 3 is 2.81 bits per heavy atom. The highest BCUT2D eigenvalue weighted by Crippen LogP contribution is 2.27. The molecule has 0 aliphatic heterocycles. The maximum absolute atomic E-state index is 12.2. The second-order valence-corrected chi connectivity index (χ2v) is 5.93. The van der Waals surface area contributed by atoms with Gasteiger partial charge >= 0.3 is 0 Å². The van der Waals surface area contributed by atoms with Crippen molar-refractivity contribution in [2.24, 2.45) is 0 Å². The first kappa shape index (κ1) is 17.8. The van der Waals surface area contributed by atoms with Gasteiger partial charge in [0.15, 0.2) is 5.69 Å². The summed E-state index contributed by atoms with van der Waals surface area (Å²) in [4.78, 5) is 24.2. The molecule has 7 nitrogen and oxygen atoms in total. The number of para-hydroxylation sites is 1. The number of nitrogens with zero attached hydrogens (tertiary/aromatic N) is 1. The predicted octanol–water partition coefficient (Wildman–Crippen LogP) is 2.98. The van der Waals surface area contributed by atoms with Crippen LogP contribution in [0.1, 0.15) is 16.9 Å². The SMILES string of the molecule is COc1ccc(NC(=O)CCNC(=O)c2n[nH]c3ccccc23)cc1Cl. The standard InChI is InChI=1S/C18H17ClN4O3/c1-26-15-7-6-11(10-13(15)19)21-16(24)8-9-20-18(25)17-12-4-2-3-5-14(12)22-23-17/h2-7,10H,8-9H2,1H3,(H,20,25)(H,21,24)(H,22,23). The Balaban J connectivity index is 1.52. The van der Waals surface area contributed by atoms with Gasteiger partial charge in [-0.1, -0.05) is 29.8 Å². The van der Waals surface area contributed by atoms with E-state index in [0.717, 1.165) is 10.9 Å². The minimum Gasteiger partial charge on any atom is -0.495 e. The first-order valence-electron chi connectivity index (χ1n) is 7.93. The summed E-state index contributed by atoms with van der Waals surface area (Å²) in [6.45, 7) is 0.190. The van der Waals surface area contributed by atoms with Gasteiger partial charge in [-0.05, 0) is 24.3 Å². The van der Waals surface area contributed by atoms with Gasteiger partial charge < -0.3 is 15.4 Å². The van der Waals surface area contributed by atoms with E-state index in [1.165, 1.54) is 7.11 Å². The van der Waals surface area contributed by atoms with E-state index in [-0.39, 0.29) is 24.8 Å². The molecule has 3 aromatic rings. The quantitative estimate of drug-likeness (QED) is 0.619. The minimum absolute atomic E-state index is 0.123. The molecule has 0 unspecified atom stereocenters. The highest BCUT2D eigenvalue weighted by atomic mass is 35.5. The zero-order chi connectivity index (χ0) is 18.5. The summed E-state index contributed by atoms with van der Waals surface area (Å²) in [7, 11) is 1.52. The predicted molar refractivity (Wildman–Crippen MR) is 99.7 cm³/mol. The van der Waals surface area contributed by atoms with Crippen molar-refractivity contribution >= 4 is 40.0 Å². The summed E-state index contributed by atoms with van der Waals surface area (Å²) in [5, 5.41) is 13.4. The smallest absolute Gasteiger partial charge is 0.272 e. The molecule has 3 rings (SSSR count). The molecule has 26 heavy (non-hydrogen) atoms. The number of halogens is 1. The average Bonchev–Trinajstić information content (AvgIpc) is 3.06. The van der Waals surface area contributed by atoms with Gasteiger partial charge in [0.2, 0.25) is 5.91 Å². The second kappa shape index (κ2) is 7.88. The van der Waals surface area contributed by atoms with Gasteiger partial charge in [-0.25, -0.2) is 0 Å². The van der Waals surface area contributed by atoms with Crippen LogP contribution in [0.2, 0.25) is 5.02 Å². The van der Waals surface area contributed by atoms with Crippen molar-refractivity contribution in [2.45, 2.75) is 6.42 Å². The normalized spacial score (nSPS) is 10.5. The fourth-order valence-electron chi connectivity index (χ4n) is 2.48. The van der Waals surface area contributed by atoms with Crippen LogP contribution in [0.5, 0.6) is 5.75 Å². The molecule has 3 N–H and O–H groups in total. The molecule has 2 aromatic carbocycles. The molecule has 1 heterocycles. The lowest BCUT2D eigenvalue weighted by molar-refractivity contribution is -0.116. The number of rotatable bonds is 6. The Bertz CT molecular complexity index is 955. The fraction of sp³-hybridized carbons (Fsp3) is 0.167. The molecule has 0 atom stereocenters. The summed E-state index contributed by atoms with van der Waals surface area (Å²) in [6.07, 6.45) is 0.123. The van der Waals surface area contributed by atoms with Crippen LogP contribution >= 0.6 is 11.6 Å². The Morgan fingerprint density at radius 1 is 1.23 bits per heavy atom. The molecule has 0 saturated carbocycles. The summed E-state index contributed by atoms with van der Waals surface area (Å²) < 4.78 is 5.06. The molecule has 0 aliphatic rings. The van der Waals surface area contributed by atoms with Crippen molar-refractivity contribution in [1.82, 2.24) is 15.5 Å². The molecule has 0 spiro atoms. The van der Waals surface area contributed by atoms with Crippen LogP contribution in [-0.4, -0.2) is 35.7 Å². The van der Waals surface area contributed by atoms with Crippen molar-refractivity contribution in [1.29, 1.82) is 0 Å². The van der Waals surface area contributed by atoms with Crippen molar-refractivity contribution in [3.05, 3.63) is 53.2 Å². The van der Waals surface area contributed by atoms with E-state index in [9.17, 15) is 9.59 Å². The lowest BCUT2D eigenvalue weighted by atomic mass is 10.2. The Labute approximate surface area is 154 Å². The highest BCUT2D eigenvalue weighted by molar-refractivity contribution is 6.32. The van der Waals surface area contributed by atoms with Gasteiger partial charge in [0.1, 0.15) is 5.75 Å². The number of amides is 2. The van der Waals surface area contributed by atoms with Gasteiger partial charge in [-0.2, -0.15) is 5.10 Å². The van der Waals surface area contributed by atoms with Crippen molar-refractivity contribution in [3.8, 4) is 5.75 Å². The van der Waals surface area contributed by atoms with Gasteiger partial charge in [-0.15, -0.1) is 0 Å². The number of aromatic nitrogens is 2. The zero-order valence-electron chi connectivity index (χ0n) is 14.0. The third-order valence-corrected chi connectivity index (χ3v) is 4.05. The summed E-state index contributed by atoms with van der Waals surface area (Å²) in [5.41, 5.74) is 1.65. The maximum atomic E-state index is 12.2. The van der Waals surface area contributed by atoms with E-state index >= 15 is 0 Å². The van der Waals surface area contributed by atoms with E-state index in [1.807, 2.05) is 24.3 Å². The first-order chi connectivity index (χ1) is 12.6. The number of fused-ring (bicyclic) bond motifs is 1. The second-order valence-electron chi connectivity index (χ2n) is 5.52. The van der Waals surface area contributed by atoms with Crippen molar-refractivity contribution in [2.75, 3.05) is 19.0 Å². The third-order valence-electron chi connectivity index (χ3n) is 3.76. The number of H-pyrrole nitrogens is 1. The average molecular weight is 373 g/mol. The molecule has 134 valence electrons. The lowest BCUT2D eigenvalue weighted by Crippen LogP contribution is -2.28. The number of carbonyl (C=O) groups excluding carboxylic acids is 2. The van der Waals surface area contributed by atoms with Gasteiger partial charge in [0, 0.05) is 24.0 Å². The van der Waals surface area contributed by atoms with Crippen LogP contribution in [0.4, 0.5) is 5.69 Å². The van der Waals surface area contributed by atoms with Crippen molar-refractivity contribution in [3.63, 3.8) is 0 Å². The van der Waals surface area contributed by atoms with Crippen LogP contribution in [0.15, 0.2) is 42.5 Å². The maximum Gasteiger partial charge on any atom is 0.272 e. The molecule has 0 saturated heterocycles. The van der Waals surface area contributed by atoms with Crippen LogP contribution in [0.3, 0.4) is 0 Å². The lowest BCUT2D eigenvalue weighted by Gasteiger charge is -2.08. The number of aromatic amines is 1. The number of benzene rings is 2. The van der Waals surface area contributed by atoms with E-state index in [4.69, 9.17) is 16.3 Å². The minimum atomic E-state index is -0.331. The third kappa shape index (κ3) is 3.94. The van der Waals surface area contributed by atoms with E-state index in [0.29, 0.717) is 22.2 Å². The van der Waals surface area contributed by atoms with Crippen LogP contribution in [0.25, 0.3) is 10.9 Å².